The molecule has 158 valence electrons. The molecule has 6 aromatic rings. The molecule has 4 aromatic heterocycles. The Kier molecular flexibility index (Phi) is 4.40. The van der Waals surface area contributed by atoms with Crippen LogP contribution in [0, 0.1) is 6.92 Å². The first-order chi connectivity index (χ1) is 16.2. The Balaban J connectivity index is 1.69. The minimum atomic E-state index is -0.194. The lowest BCUT2D eigenvalue weighted by molar-refractivity contribution is 0.547. The standard InChI is InChI=1S/C28H19N3O2/c1-17-9-12-25(33-17)27-22(19-10-11-24-20(14-19)8-5-13-29-24)15-23-21(18-6-3-2-4-7-18)16-26(32)30-28(23)31-27/h2-16H,1H3,(H,30,31,32). The first-order valence-electron chi connectivity index (χ1n) is 10.7. The summed E-state index contributed by atoms with van der Waals surface area (Å²) >= 11 is 0. The van der Waals surface area contributed by atoms with E-state index in [2.05, 4.69) is 22.1 Å². The minimum absolute atomic E-state index is 0.194. The maximum Gasteiger partial charge on any atom is 0.250 e. The van der Waals surface area contributed by atoms with E-state index in [-0.39, 0.29) is 5.56 Å². The van der Waals surface area contributed by atoms with E-state index in [1.807, 2.05) is 73.7 Å². The van der Waals surface area contributed by atoms with Gasteiger partial charge < -0.3 is 9.40 Å². The highest BCUT2D eigenvalue weighted by atomic mass is 16.3. The topological polar surface area (TPSA) is 71.8 Å². The van der Waals surface area contributed by atoms with Crippen LogP contribution in [0.5, 0.6) is 0 Å². The molecule has 5 heteroatoms. The molecule has 0 amide bonds. The third kappa shape index (κ3) is 3.40. The summed E-state index contributed by atoms with van der Waals surface area (Å²) in [6, 6.07) is 27.6. The van der Waals surface area contributed by atoms with Crippen LogP contribution < -0.4 is 5.56 Å². The van der Waals surface area contributed by atoms with Crippen molar-refractivity contribution in [1.29, 1.82) is 0 Å². The van der Waals surface area contributed by atoms with Gasteiger partial charge in [-0.2, -0.15) is 0 Å². The van der Waals surface area contributed by atoms with E-state index in [0.717, 1.165) is 44.3 Å². The second kappa shape index (κ2) is 7.57. The van der Waals surface area contributed by atoms with Gasteiger partial charge >= 0.3 is 0 Å². The van der Waals surface area contributed by atoms with E-state index in [0.29, 0.717) is 17.1 Å². The van der Waals surface area contributed by atoms with Gasteiger partial charge in [-0.1, -0.05) is 42.5 Å². The van der Waals surface area contributed by atoms with Crippen molar-refractivity contribution in [2.45, 2.75) is 6.92 Å². The molecule has 2 aromatic carbocycles. The molecule has 0 atom stereocenters. The zero-order chi connectivity index (χ0) is 22.4. The largest absolute Gasteiger partial charge is 0.460 e. The number of hydrogen-bond donors (Lipinski definition) is 1. The van der Waals surface area contributed by atoms with Crippen LogP contribution >= 0.6 is 0 Å². The zero-order valence-electron chi connectivity index (χ0n) is 17.9. The predicted molar refractivity (Wildman–Crippen MR) is 131 cm³/mol. The van der Waals surface area contributed by atoms with Gasteiger partial charge in [-0.3, -0.25) is 9.78 Å². The SMILES string of the molecule is Cc1ccc(-c2nc3[nH]c(=O)cc(-c4ccccc4)c3cc2-c2ccc3ncccc3c2)o1. The summed E-state index contributed by atoms with van der Waals surface area (Å²) in [4.78, 5) is 24.7. The molecule has 0 aliphatic rings. The molecule has 0 spiro atoms. The molecule has 33 heavy (non-hydrogen) atoms. The zero-order valence-corrected chi connectivity index (χ0v) is 17.9. The van der Waals surface area contributed by atoms with E-state index in [4.69, 9.17) is 9.40 Å². The van der Waals surface area contributed by atoms with Gasteiger partial charge in [0.1, 0.15) is 17.1 Å². The number of hydrogen-bond acceptors (Lipinski definition) is 4. The molecule has 0 unspecified atom stereocenters. The predicted octanol–water partition coefficient (Wildman–Crippen LogP) is 6.37. The van der Waals surface area contributed by atoms with Crippen LogP contribution in [-0.4, -0.2) is 15.0 Å². The quantitative estimate of drug-likeness (QED) is 0.355. The fraction of sp³-hybridized carbons (Fsp3) is 0.0357. The van der Waals surface area contributed by atoms with Gasteiger partial charge in [0, 0.05) is 28.6 Å². The number of pyridine rings is 3. The molecule has 0 aliphatic carbocycles. The summed E-state index contributed by atoms with van der Waals surface area (Å²) in [5.74, 6) is 1.45. The van der Waals surface area contributed by atoms with Crippen molar-refractivity contribution in [3.05, 3.63) is 107 Å². The fourth-order valence-corrected chi connectivity index (χ4v) is 4.24. The van der Waals surface area contributed by atoms with Crippen molar-refractivity contribution in [3.8, 4) is 33.7 Å². The number of nitrogens with one attached hydrogen (secondary N) is 1. The number of rotatable bonds is 3. The first kappa shape index (κ1) is 19.2. The summed E-state index contributed by atoms with van der Waals surface area (Å²) in [7, 11) is 0. The van der Waals surface area contributed by atoms with Crippen molar-refractivity contribution in [2.75, 3.05) is 0 Å². The number of fused-ring (bicyclic) bond motifs is 2. The average molecular weight is 429 g/mol. The minimum Gasteiger partial charge on any atom is -0.460 e. The molecule has 0 radical (unpaired) electrons. The van der Waals surface area contributed by atoms with Crippen molar-refractivity contribution in [2.24, 2.45) is 0 Å². The van der Waals surface area contributed by atoms with E-state index in [1.54, 1.807) is 12.3 Å². The normalized spacial score (nSPS) is 11.3. The second-order valence-electron chi connectivity index (χ2n) is 8.02. The smallest absolute Gasteiger partial charge is 0.250 e. The lowest BCUT2D eigenvalue weighted by atomic mass is 9.96. The molecule has 0 fully saturated rings. The molecule has 0 bridgehead atoms. The highest BCUT2D eigenvalue weighted by molar-refractivity contribution is 5.99. The lowest BCUT2D eigenvalue weighted by Gasteiger charge is -2.13. The van der Waals surface area contributed by atoms with Crippen molar-refractivity contribution in [1.82, 2.24) is 15.0 Å². The molecule has 0 aliphatic heterocycles. The summed E-state index contributed by atoms with van der Waals surface area (Å²) in [5, 5.41) is 1.91. The summed E-state index contributed by atoms with van der Waals surface area (Å²) in [6.45, 7) is 1.90. The number of aryl methyl sites for hydroxylation is 1. The monoisotopic (exact) mass is 429 g/mol. The molecule has 1 N–H and O–H groups in total. The molecular formula is C28H19N3O2. The van der Waals surface area contributed by atoms with Crippen LogP contribution in [0.15, 0.2) is 100 Å². The van der Waals surface area contributed by atoms with Crippen LogP contribution in [-0.2, 0) is 0 Å². The Morgan fingerprint density at radius 3 is 2.52 bits per heavy atom. The van der Waals surface area contributed by atoms with Gasteiger partial charge in [0.25, 0.3) is 0 Å². The van der Waals surface area contributed by atoms with Crippen LogP contribution in [0.1, 0.15) is 5.76 Å². The Bertz CT molecular complexity index is 1700. The third-order valence-electron chi connectivity index (χ3n) is 5.80. The van der Waals surface area contributed by atoms with Crippen molar-refractivity contribution >= 4 is 21.9 Å². The van der Waals surface area contributed by atoms with Gasteiger partial charge in [-0.15, -0.1) is 0 Å². The lowest BCUT2D eigenvalue weighted by Crippen LogP contribution is -2.07. The summed E-state index contributed by atoms with van der Waals surface area (Å²) in [5.41, 5.74) is 5.67. The molecule has 0 saturated carbocycles. The number of aromatic amines is 1. The third-order valence-corrected chi connectivity index (χ3v) is 5.80. The molecular weight excluding hydrogens is 410 g/mol. The van der Waals surface area contributed by atoms with Gasteiger partial charge in [-0.25, -0.2) is 4.98 Å². The highest BCUT2D eigenvalue weighted by Crippen LogP contribution is 2.37. The van der Waals surface area contributed by atoms with E-state index < -0.39 is 0 Å². The van der Waals surface area contributed by atoms with Crippen LogP contribution in [0.4, 0.5) is 0 Å². The van der Waals surface area contributed by atoms with Gasteiger partial charge in [0.2, 0.25) is 5.56 Å². The van der Waals surface area contributed by atoms with Gasteiger partial charge in [0.15, 0.2) is 5.76 Å². The van der Waals surface area contributed by atoms with E-state index in [1.165, 1.54) is 0 Å². The van der Waals surface area contributed by atoms with Crippen LogP contribution in [0.25, 0.3) is 55.6 Å². The Hall–Kier alpha value is -4.51. The number of benzene rings is 2. The number of H-pyrrole nitrogens is 1. The van der Waals surface area contributed by atoms with E-state index >= 15 is 0 Å². The van der Waals surface area contributed by atoms with E-state index in [9.17, 15) is 4.79 Å². The van der Waals surface area contributed by atoms with Crippen molar-refractivity contribution < 1.29 is 4.42 Å². The Labute approximate surface area is 189 Å². The average Bonchev–Trinajstić information content (AvgIpc) is 3.29. The summed E-state index contributed by atoms with van der Waals surface area (Å²) in [6.07, 6.45) is 1.79. The van der Waals surface area contributed by atoms with Gasteiger partial charge in [0.05, 0.1) is 5.52 Å². The molecule has 0 saturated heterocycles. The highest BCUT2D eigenvalue weighted by Gasteiger charge is 2.17. The van der Waals surface area contributed by atoms with Crippen molar-refractivity contribution in [3.63, 3.8) is 0 Å². The number of aromatic nitrogens is 3. The maximum atomic E-state index is 12.5. The molecule has 5 nitrogen and oxygen atoms in total. The first-order valence-corrected chi connectivity index (χ1v) is 10.7. The maximum absolute atomic E-state index is 12.5. The van der Waals surface area contributed by atoms with Crippen LogP contribution in [0.2, 0.25) is 0 Å². The summed E-state index contributed by atoms with van der Waals surface area (Å²) < 4.78 is 5.95. The number of furan rings is 1. The molecule has 6 rings (SSSR count). The Morgan fingerprint density at radius 1 is 0.818 bits per heavy atom. The van der Waals surface area contributed by atoms with Gasteiger partial charge in [-0.05, 0) is 60.0 Å². The van der Waals surface area contributed by atoms with Crippen LogP contribution in [0.3, 0.4) is 0 Å². The molecule has 4 heterocycles. The number of nitrogens with zero attached hydrogens (tertiary/aromatic N) is 2. The fourth-order valence-electron chi connectivity index (χ4n) is 4.24. The Morgan fingerprint density at radius 2 is 1.70 bits per heavy atom. The second-order valence-corrected chi connectivity index (χ2v) is 8.02.